The first-order valence-electron chi connectivity index (χ1n) is 7.11. The van der Waals surface area contributed by atoms with Crippen LogP contribution in [0, 0.1) is 5.92 Å². The highest BCUT2D eigenvalue weighted by Crippen LogP contribution is 2.18. The Kier molecular flexibility index (Phi) is 7.91. The van der Waals surface area contributed by atoms with Crippen molar-refractivity contribution in [3.8, 4) is 0 Å². The maximum absolute atomic E-state index is 12.7. The van der Waals surface area contributed by atoms with Crippen molar-refractivity contribution in [1.29, 1.82) is 0 Å². The SMILES string of the molecule is COCCCN(CC(C)C(=O)OC)C(=O)c1ccccc1Cl. The van der Waals surface area contributed by atoms with E-state index in [2.05, 4.69) is 0 Å². The van der Waals surface area contributed by atoms with Crippen molar-refractivity contribution in [2.24, 2.45) is 5.92 Å². The predicted molar refractivity (Wildman–Crippen MR) is 85.0 cm³/mol. The molecule has 0 N–H and O–H groups in total. The normalized spacial score (nSPS) is 11.8. The number of rotatable bonds is 8. The van der Waals surface area contributed by atoms with Crippen LogP contribution in [0.15, 0.2) is 24.3 Å². The summed E-state index contributed by atoms with van der Waals surface area (Å²) in [7, 11) is 2.95. The molecule has 0 fully saturated rings. The monoisotopic (exact) mass is 327 g/mol. The van der Waals surface area contributed by atoms with Crippen LogP contribution in [0.1, 0.15) is 23.7 Å². The standard InChI is InChI=1S/C16H22ClNO4/c1-12(16(20)22-3)11-18(9-6-10-21-2)15(19)13-7-4-5-8-14(13)17/h4-5,7-8,12H,6,9-11H2,1-3H3. The van der Waals surface area contributed by atoms with Gasteiger partial charge in [0.1, 0.15) is 0 Å². The molecule has 1 unspecified atom stereocenters. The summed E-state index contributed by atoms with van der Waals surface area (Å²) in [6.45, 7) is 3.04. The number of amides is 1. The molecule has 0 aliphatic rings. The molecule has 22 heavy (non-hydrogen) atoms. The molecule has 1 amide bonds. The maximum Gasteiger partial charge on any atom is 0.310 e. The topological polar surface area (TPSA) is 55.8 Å². The molecular weight excluding hydrogens is 306 g/mol. The van der Waals surface area contributed by atoms with Crippen molar-refractivity contribution in [3.63, 3.8) is 0 Å². The lowest BCUT2D eigenvalue weighted by Crippen LogP contribution is -2.38. The van der Waals surface area contributed by atoms with Gasteiger partial charge >= 0.3 is 5.97 Å². The zero-order valence-electron chi connectivity index (χ0n) is 13.2. The van der Waals surface area contributed by atoms with E-state index in [4.69, 9.17) is 21.1 Å². The third-order valence-corrected chi connectivity index (χ3v) is 3.60. The van der Waals surface area contributed by atoms with Gasteiger partial charge in [-0.2, -0.15) is 0 Å². The summed E-state index contributed by atoms with van der Waals surface area (Å²) in [4.78, 5) is 25.9. The van der Waals surface area contributed by atoms with Crippen molar-refractivity contribution >= 4 is 23.5 Å². The molecule has 0 bridgehead atoms. The Morgan fingerprint density at radius 2 is 1.95 bits per heavy atom. The molecule has 1 aromatic rings. The fraction of sp³-hybridized carbons (Fsp3) is 0.500. The molecule has 0 saturated heterocycles. The third-order valence-electron chi connectivity index (χ3n) is 3.27. The molecule has 0 aromatic heterocycles. The van der Waals surface area contributed by atoms with Gasteiger partial charge in [-0.25, -0.2) is 0 Å². The molecular formula is C16H22ClNO4. The number of halogens is 1. The second-order valence-corrected chi connectivity index (χ2v) is 5.41. The first-order valence-corrected chi connectivity index (χ1v) is 7.49. The van der Waals surface area contributed by atoms with E-state index in [9.17, 15) is 9.59 Å². The van der Waals surface area contributed by atoms with Crippen molar-refractivity contribution < 1.29 is 19.1 Å². The summed E-state index contributed by atoms with van der Waals surface area (Å²) in [6, 6.07) is 6.88. The van der Waals surface area contributed by atoms with Gasteiger partial charge in [0, 0.05) is 26.8 Å². The Hall–Kier alpha value is -1.59. The largest absolute Gasteiger partial charge is 0.469 e. The highest BCUT2D eigenvalue weighted by molar-refractivity contribution is 6.33. The van der Waals surface area contributed by atoms with Crippen molar-refractivity contribution in [2.45, 2.75) is 13.3 Å². The Labute approximate surface area is 136 Å². The summed E-state index contributed by atoms with van der Waals surface area (Å²) in [5.74, 6) is -0.944. The van der Waals surface area contributed by atoms with E-state index in [0.29, 0.717) is 30.2 Å². The predicted octanol–water partition coefficient (Wildman–Crippen LogP) is 2.63. The maximum atomic E-state index is 12.7. The number of esters is 1. The first-order chi connectivity index (χ1) is 10.5. The average Bonchev–Trinajstić information content (AvgIpc) is 2.53. The van der Waals surface area contributed by atoms with Crippen LogP contribution in [0.2, 0.25) is 5.02 Å². The zero-order valence-corrected chi connectivity index (χ0v) is 13.9. The van der Waals surface area contributed by atoms with Gasteiger partial charge in [0.15, 0.2) is 0 Å². The smallest absolute Gasteiger partial charge is 0.310 e. The molecule has 0 saturated carbocycles. The average molecular weight is 328 g/mol. The van der Waals surface area contributed by atoms with Gasteiger partial charge in [0.05, 0.1) is 23.6 Å². The molecule has 0 aliphatic carbocycles. The molecule has 6 heteroatoms. The van der Waals surface area contributed by atoms with Crippen molar-refractivity contribution in [1.82, 2.24) is 4.90 Å². The van der Waals surface area contributed by atoms with Crippen LogP contribution >= 0.6 is 11.6 Å². The molecule has 1 aromatic carbocycles. The number of hydrogen-bond donors (Lipinski definition) is 0. The molecule has 1 rings (SSSR count). The van der Waals surface area contributed by atoms with Gasteiger partial charge in [-0.05, 0) is 18.6 Å². The highest BCUT2D eigenvalue weighted by atomic mass is 35.5. The van der Waals surface area contributed by atoms with E-state index in [1.54, 1.807) is 43.2 Å². The van der Waals surface area contributed by atoms with Gasteiger partial charge in [0.25, 0.3) is 5.91 Å². The van der Waals surface area contributed by atoms with Gasteiger partial charge in [-0.15, -0.1) is 0 Å². The minimum atomic E-state index is -0.404. The number of nitrogens with zero attached hydrogens (tertiary/aromatic N) is 1. The van der Waals surface area contributed by atoms with Gasteiger partial charge in [-0.1, -0.05) is 30.7 Å². The molecule has 0 radical (unpaired) electrons. The summed E-state index contributed by atoms with van der Waals surface area (Å²) in [6.07, 6.45) is 0.681. The minimum absolute atomic E-state index is 0.197. The number of carbonyl (C=O) groups excluding carboxylic acids is 2. The Morgan fingerprint density at radius 1 is 1.27 bits per heavy atom. The quantitative estimate of drug-likeness (QED) is 0.544. The van der Waals surface area contributed by atoms with E-state index in [0.717, 1.165) is 0 Å². The van der Waals surface area contributed by atoms with E-state index in [1.807, 2.05) is 0 Å². The Balaban J connectivity index is 2.86. The molecule has 5 nitrogen and oxygen atoms in total. The first kappa shape index (κ1) is 18.5. The van der Waals surface area contributed by atoms with E-state index in [-0.39, 0.29) is 18.4 Å². The molecule has 0 spiro atoms. The minimum Gasteiger partial charge on any atom is -0.469 e. The van der Waals surface area contributed by atoms with Crippen LogP contribution in [-0.4, -0.2) is 50.7 Å². The highest BCUT2D eigenvalue weighted by Gasteiger charge is 2.23. The zero-order chi connectivity index (χ0) is 16.5. The Morgan fingerprint density at radius 3 is 2.55 bits per heavy atom. The fourth-order valence-electron chi connectivity index (χ4n) is 2.09. The number of carbonyl (C=O) groups is 2. The van der Waals surface area contributed by atoms with Crippen LogP contribution in [0.5, 0.6) is 0 Å². The Bertz CT molecular complexity index is 507. The van der Waals surface area contributed by atoms with E-state index < -0.39 is 5.92 Å². The molecule has 1 atom stereocenters. The molecule has 122 valence electrons. The summed E-state index contributed by atoms with van der Waals surface area (Å²) >= 11 is 6.09. The number of ether oxygens (including phenoxy) is 2. The van der Waals surface area contributed by atoms with E-state index >= 15 is 0 Å². The lowest BCUT2D eigenvalue weighted by molar-refractivity contribution is -0.145. The summed E-state index contributed by atoms with van der Waals surface area (Å²) < 4.78 is 9.74. The van der Waals surface area contributed by atoms with Crippen LogP contribution in [0.4, 0.5) is 0 Å². The van der Waals surface area contributed by atoms with Crippen LogP contribution < -0.4 is 0 Å². The number of benzene rings is 1. The van der Waals surface area contributed by atoms with Gasteiger partial charge in [-0.3, -0.25) is 9.59 Å². The third kappa shape index (κ3) is 5.31. The summed E-state index contributed by atoms with van der Waals surface area (Å²) in [5.41, 5.74) is 0.429. The molecule has 0 aliphatic heterocycles. The lowest BCUT2D eigenvalue weighted by atomic mass is 10.1. The summed E-state index contributed by atoms with van der Waals surface area (Å²) in [5, 5.41) is 0.398. The second-order valence-electron chi connectivity index (χ2n) is 5.00. The van der Waals surface area contributed by atoms with Crippen LogP contribution in [-0.2, 0) is 14.3 Å². The van der Waals surface area contributed by atoms with Gasteiger partial charge in [0.2, 0.25) is 0 Å². The number of hydrogen-bond acceptors (Lipinski definition) is 4. The number of methoxy groups -OCH3 is 2. The second kappa shape index (κ2) is 9.43. The lowest BCUT2D eigenvalue weighted by Gasteiger charge is -2.25. The van der Waals surface area contributed by atoms with Crippen LogP contribution in [0.3, 0.4) is 0 Å². The van der Waals surface area contributed by atoms with Gasteiger partial charge < -0.3 is 14.4 Å². The van der Waals surface area contributed by atoms with Crippen molar-refractivity contribution in [2.75, 3.05) is 33.9 Å². The van der Waals surface area contributed by atoms with Crippen molar-refractivity contribution in [3.05, 3.63) is 34.9 Å². The van der Waals surface area contributed by atoms with E-state index in [1.165, 1.54) is 7.11 Å². The van der Waals surface area contributed by atoms with Crippen LogP contribution in [0.25, 0.3) is 0 Å². The molecule has 0 heterocycles. The fourth-order valence-corrected chi connectivity index (χ4v) is 2.30.